The van der Waals surface area contributed by atoms with Gasteiger partial charge in [0.05, 0.1) is 5.56 Å². The number of carbonyl (C=O) groups excluding carboxylic acids is 1. The molecule has 1 heterocycles. The Balaban J connectivity index is 2.22. The molecule has 1 fully saturated rings. The molecule has 2 atom stereocenters. The SMILES string of the molecule is C[C@@H]1C[C@H](C)CN(C(=O)c2cc(Cl)ccc2N)C1. The van der Waals surface area contributed by atoms with Crippen molar-refractivity contribution < 1.29 is 4.79 Å². The first-order chi connectivity index (χ1) is 8.47. The monoisotopic (exact) mass is 266 g/mol. The number of nitrogens with zero attached hydrogens (tertiary/aromatic N) is 1. The van der Waals surface area contributed by atoms with Gasteiger partial charge in [0.2, 0.25) is 0 Å². The number of nitrogens with two attached hydrogens (primary N) is 1. The molecule has 4 heteroatoms. The van der Waals surface area contributed by atoms with Crippen LogP contribution in [0, 0.1) is 11.8 Å². The highest BCUT2D eigenvalue weighted by Gasteiger charge is 2.27. The molecule has 18 heavy (non-hydrogen) atoms. The quantitative estimate of drug-likeness (QED) is 0.794. The summed E-state index contributed by atoms with van der Waals surface area (Å²) in [6.45, 7) is 5.96. The molecule has 1 saturated heterocycles. The predicted molar refractivity (Wildman–Crippen MR) is 74.7 cm³/mol. The number of carbonyl (C=O) groups is 1. The molecule has 0 aromatic heterocycles. The maximum Gasteiger partial charge on any atom is 0.256 e. The smallest absolute Gasteiger partial charge is 0.256 e. The summed E-state index contributed by atoms with van der Waals surface area (Å²) < 4.78 is 0. The number of rotatable bonds is 1. The minimum atomic E-state index is -0.00611. The van der Waals surface area contributed by atoms with E-state index in [0.717, 1.165) is 13.1 Å². The van der Waals surface area contributed by atoms with Gasteiger partial charge >= 0.3 is 0 Å². The van der Waals surface area contributed by atoms with E-state index in [0.29, 0.717) is 28.1 Å². The molecular formula is C14H19ClN2O. The molecule has 0 spiro atoms. The highest BCUT2D eigenvalue weighted by molar-refractivity contribution is 6.31. The Hall–Kier alpha value is -1.22. The van der Waals surface area contributed by atoms with E-state index in [4.69, 9.17) is 17.3 Å². The lowest BCUT2D eigenvalue weighted by Gasteiger charge is -2.35. The largest absolute Gasteiger partial charge is 0.398 e. The number of nitrogen functional groups attached to an aromatic ring is 1. The van der Waals surface area contributed by atoms with Crippen LogP contribution in [-0.4, -0.2) is 23.9 Å². The highest BCUT2D eigenvalue weighted by atomic mass is 35.5. The first-order valence-corrected chi connectivity index (χ1v) is 6.69. The molecular weight excluding hydrogens is 248 g/mol. The van der Waals surface area contributed by atoms with Gasteiger partial charge in [0.1, 0.15) is 0 Å². The molecule has 0 unspecified atom stereocenters. The second kappa shape index (κ2) is 5.19. The second-order valence-corrected chi connectivity index (χ2v) is 5.82. The average molecular weight is 267 g/mol. The molecule has 0 aliphatic carbocycles. The molecule has 0 saturated carbocycles. The van der Waals surface area contributed by atoms with Crippen molar-refractivity contribution in [2.24, 2.45) is 11.8 Å². The van der Waals surface area contributed by atoms with Crippen molar-refractivity contribution in [1.29, 1.82) is 0 Å². The van der Waals surface area contributed by atoms with Crippen molar-refractivity contribution in [3.63, 3.8) is 0 Å². The van der Waals surface area contributed by atoms with E-state index in [-0.39, 0.29) is 5.91 Å². The third kappa shape index (κ3) is 2.78. The molecule has 1 aliphatic heterocycles. The number of anilines is 1. The summed E-state index contributed by atoms with van der Waals surface area (Å²) in [5, 5.41) is 0.547. The Bertz CT molecular complexity index is 451. The third-order valence-corrected chi connectivity index (χ3v) is 3.64. The van der Waals surface area contributed by atoms with Gasteiger partial charge in [0, 0.05) is 23.8 Å². The van der Waals surface area contributed by atoms with Crippen molar-refractivity contribution in [1.82, 2.24) is 4.90 Å². The summed E-state index contributed by atoms with van der Waals surface area (Å²) in [6.07, 6.45) is 1.18. The highest BCUT2D eigenvalue weighted by Crippen LogP contribution is 2.25. The van der Waals surface area contributed by atoms with Gasteiger partial charge in [0.25, 0.3) is 5.91 Å². The van der Waals surface area contributed by atoms with Crippen LogP contribution in [-0.2, 0) is 0 Å². The van der Waals surface area contributed by atoms with E-state index in [2.05, 4.69) is 13.8 Å². The minimum Gasteiger partial charge on any atom is -0.398 e. The van der Waals surface area contributed by atoms with Gasteiger partial charge in [-0.25, -0.2) is 0 Å². The summed E-state index contributed by atoms with van der Waals surface area (Å²) in [7, 11) is 0. The maximum absolute atomic E-state index is 12.5. The molecule has 1 aromatic rings. The molecule has 0 radical (unpaired) electrons. The lowest BCUT2D eigenvalue weighted by Crippen LogP contribution is -2.42. The van der Waals surface area contributed by atoms with E-state index in [1.807, 2.05) is 4.90 Å². The molecule has 0 bridgehead atoms. The molecule has 98 valence electrons. The zero-order valence-corrected chi connectivity index (χ0v) is 11.6. The first kappa shape index (κ1) is 13.2. The number of benzene rings is 1. The van der Waals surface area contributed by atoms with Crippen LogP contribution < -0.4 is 5.73 Å². The van der Waals surface area contributed by atoms with Crippen molar-refractivity contribution in [2.45, 2.75) is 20.3 Å². The van der Waals surface area contributed by atoms with E-state index in [1.165, 1.54) is 6.42 Å². The summed E-state index contributed by atoms with van der Waals surface area (Å²) in [6, 6.07) is 5.05. The van der Waals surface area contributed by atoms with Gasteiger partial charge < -0.3 is 10.6 Å². The Labute approximate surface area is 113 Å². The number of likely N-dealkylation sites (tertiary alicyclic amines) is 1. The second-order valence-electron chi connectivity index (χ2n) is 5.39. The van der Waals surface area contributed by atoms with E-state index in [9.17, 15) is 4.79 Å². The normalized spacial score (nSPS) is 24.1. The van der Waals surface area contributed by atoms with Gasteiger partial charge in [-0.2, -0.15) is 0 Å². The van der Waals surface area contributed by atoms with E-state index in [1.54, 1.807) is 18.2 Å². The third-order valence-electron chi connectivity index (χ3n) is 3.40. The first-order valence-electron chi connectivity index (χ1n) is 6.31. The van der Waals surface area contributed by atoms with Gasteiger partial charge in [-0.05, 0) is 36.5 Å². The molecule has 1 aliphatic rings. The number of amides is 1. The van der Waals surface area contributed by atoms with Crippen LogP contribution in [0.15, 0.2) is 18.2 Å². The standard InChI is InChI=1S/C14H19ClN2O/c1-9-5-10(2)8-17(7-9)14(18)12-6-11(15)3-4-13(12)16/h3-4,6,9-10H,5,7-8,16H2,1-2H3/t9-,10+. The van der Waals surface area contributed by atoms with Gasteiger partial charge in [0.15, 0.2) is 0 Å². The molecule has 2 N–H and O–H groups in total. The topological polar surface area (TPSA) is 46.3 Å². The Morgan fingerprint density at radius 2 is 1.94 bits per heavy atom. The van der Waals surface area contributed by atoms with Crippen LogP contribution in [0.1, 0.15) is 30.6 Å². The van der Waals surface area contributed by atoms with Crippen molar-refractivity contribution in [2.75, 3.05) is 18.8 Å². The lowest BCUT2D eigenvalue weighted by molar-refractivity contribution is 0.0624. The number of halogens is 1. The van der Waals surface area contributed by atoms with Crippen molar-refractivity contribution >= 4 is 23.2 Å². The Kier molecular flexibility index (Phi) is 3.81. The van der Waals surface area contributed by atoms with E-state index >= 15 is 0 Å². The summed E-state index contributed by atoms with van der Waals surface area (Å²) in [5.41, 5.74) is 6.87. The van der Waals surface area contributed by atoms with Crippen molar-refractivity contribution in [3.8, 4) is 0 Å². The fourth-order valence-electron chi connectivity index (χ4n) is 2.71. The average Bonchev–Trinajstić information content (AvgIpc) is 2.30. The van der Waals surface area contributed by atoms with Gasteiger partial charge in [-0.3, -0.25) is 4.79 Å². The molecule has 3 nitrogen and oxygen atoms in total. The number of hydrogen-bond donors (Lipinski definition) is 1. The van der Waals surface area contributed by atoms with Crippen molar-refractivity contribution in [3.05, 3.63) is 28.8 Å². The number of piperidine rings is 1. The minimum absolute atomic E-state index is 0.00611. The summed E-state index contributed by atoms with van der Waals surface area (Å²) in [5.74, 6) is 1.07. The van der Waals surface area contributed by atoms with Crippen LogP contribution in [0.3, 0.4) is 0 Å². The molecule has 2 rings (SSSR count). The maximum atomic E-state index is 12.5. The number of hydrogen-bond acceptors (Lipinski definition) is 2. The van der Waals surface area contributed by atoms with Crippen LogP contribution >= 0.6 is 11.6 Å². The lowest BCUT2D eigenvalue weighted by atomic mass is 9.91. The fraction of sp³-hybridized carbons (Fsp3) is 0.500. The summed E-state index contributed by atoms with van der Waals surface area (Å²) in [4.78, 5) is 14.3. The Morgan fingerprint density at radius 3 is 2.56 bits per heavy atom. The van der Waals surface area contributed by atoms with Crippen LogP contribution in [0.2, 0.25) is 5.02 Å². The molecule has 1 aromatic carbocycles. The van der Waals surface area contributed by atoms with Gasteiger partial charge in [-0.15, -0.1) is 0 Å². The van der Waals surface area contributed by atoms with Crippen LogP contribution in [0.5, 0.6) is 0 Å². The predicted octanol–water partition coefficient (Wildman–Crippen LogP) is 3.04. The fourth-order valence-corrected chi connectivity index (χ4v) is 2.88. The zero-order chi connectivity index (χ0) is 13.3. The van der Waals surface area contributed by atoms with Crippen LogP contribution in [0.4, 0.5) is 5.69 Å². The molecule has 1 amide bonds. The van der Waals surface area contributed by atoms with Gasteiger partial charge in [-0.1, -0.05) is 25.4 Å². The summed E-state index contributed by atoms with van der Waals surface area (Å²) >= 11 is 5.93. The van der Waals surface area contributed by atoms with E-state index < -0.39 is 0 Å². The van der Waals surface area contributed by atoms with Crippen LogP contribution in [0.25, 0.3) is 0 Å². The zero-order valence-electron chi connectivity index (χ0n) is 10.8. The Morgan fingerprint density at radius 1 is 1.33 bits per heavy atom.